The highest BCUT2D eigenvalue weighted by Crippen LogP contribution is 2.46. The van der Waals surface area contributed by atoms with Crippen LogP contribution in [0.1, 0.15) is 94.6 Å². The third-order valence-electron chi connectivity index (χ3n) is 11.4. The molecule has 0 spiro atoms. The fraction of sp³-hybridized carbons (Fsp3) is 0.632. The molecule has 13 heteroatoms. The lowest BCUT2D eigenvalue weighted by Gasteiger charge is -2.30. The van der Waals surface area contributed by atoms with Gasteiger partial charge < -0.3 is 29.9 Å². The zero-order valence-electron chi connectivity index (χ0n) is 29.1. The van der Waals surface area contributed by atoms with Crippen LogP contribution in [-0.2, 0) is 41.6 Å². The summed E-state index contributed by atoms with van der Waals surface area (Å²) in [4.78, 5) is 84.3. The topological polar surface area (TPSA) is 163 Å². The Morgan fingerprint density at radius 1 is 0.882 bits per heavy atom. The number of carbonyl (C=O) groups excluding carboxylic acids is 6. The van der Waals surface area contributed by atoms with Crippen LogP contribution in [0.15, 0.2) is 36.4 Å². The summed E-state index contributed by atoms with van der Waals surface area (Å²) in [5, 5.41) is 8.25. The predicted molar refractivity (Wildman–Crippen MR) is 184 cm³/mol. The predicted octanol–water partition coefficient (Wildman–Crippen LogP) is 3.64. The number of imide groups is 1. The van der Waals surface area contributed by atoms with Crippen molar-refractivity contribution >= 4 is 35.8 Å². The summed E-state index contributed by atoms with van der Waals surface area (Å²) in [5.41, 5.74) is 0.904. The molecule has 3 heterocycles. The van der Waals surface area contributed by atoms with Gasteiger partial charge in [-0.15, -0.1) is 0 Å². The molecule has 0 radical (unpaired) electrons. The summed E-state index contributed by atoms with van der Waals surface area (Å²) >= 11 is 0. The number of alkyl carbamates (subject to hydrolysis) is 1. The number of ether oxygens (including phenoxy) is 2. The van der Waals surface area contributed by atoms with Crippen molar-refractivity contribution < 1.29 is 38.2 Å². The van der Waals surface area contributed by atoms with Crippen molar-refractivity contribution in [1.29, 1.82) is 0 Å². The molecule has 3 aliphatic heterocycles. The molecule has 6 aliphatic rings. The normalized spacial score (nSPS) is 29.7. The largest absolute Gasteiger partial charge is 0.446 e. The molecule has 4 fully saturated rings. The molecule has 6 amide bonds. The number of nitrogens with one attached hydrogen (secondary N) is 3. The summed E-state index contributed by atoms with van der Waals surface area (Å²) < 4.78 is 11.6. The first-order chi connectivity index (χ1) is 24.7. The van der Waals surface area contributed by atoms with Crippen LogP contribution in [0.2, 0.25) is 0 Å². The quantitative estimate of drug-likeness (QED) is 0.309. The number of amides is 6. The number of benzene rings is 1. The average Bonchev–Trinajstić information content (AvgIpc) is 3.99. The van der Waals surface area contributed by atoms with Crippen LogP contribution in [-0.4, -0.2) is 88.5 Å². The van der Waals surface area contributed by atoms with Gasteiger partial charge in [0, 0.05) is 31.3 Å². The molecule has 5 atom stereocenters. The van der Waals surface area contributed by atoms with E-state index in [9.17, 15) is 28.8 Å². The molecule has 51 heavy (non-hydrogen) atoms. The molecule has 3 aliphatic carbocycles. The summed E-state index contributed by atoms with van der Waals surface area (Å²) in [6, 6.07) is 5.91. The van der Waals surface area contributed by atoms with Crippen molar-refractivity contribution in [1.82, 2.24) is 25.8 Å². The number of carbonyl (C=O) groups is 6. The molecule has 3 N–H and O–H groups in total. The second kappa shape index (κ2) is 15.1. The summed E-state index contributed by atoms with van der Waals surface area (Å²) in [7, 11) is 0. The van der Waals surface area contributed by atoms with Gasteiger partial charge in [-0.05, 0) is 81.8 Å². The molecular formula is C38H49N5O8. The van der Waals surface area contributed by atoms with Crippen molar-refractivity contribution in [2.24, 2.45) is 11.8 Å². The summed E-state index contributed by atoms with van der Waals surface area (Å²) in [5.74, 6) is -2.41. The molecule has 1 aromatic rings. The van der Waals surface area contributed by atoms with Gasteiger partial charge in [-0.25, -0.2) is 9.59 Å². The second-order valence-corrected chi connectivity index (χ2v) is 15.1. The molecule has 1 saturated heterocycles. The first-order valence-electron chi connectivity index (χ1n) is 18.8. The van der Waals surface area contributed by atoms with Gasteiger partial charge in [-0.1, -0.05) is 49.3 Å². The van der Waals surface area contributed by atoms with Crippen molar-refractivity contribution in [2.75, 3.05) is 13.1 Å². The van der Waals surface area contributed by atoms with Crippen LogP contribution >= 0.6 is 0 Å². The number of rotatable bonds is 5. The van der Waals surface area contributed by atoms with E-state index in [0.29, 0.717) is 38.8 Å². The minimum atomic E-state index is -1.33. The van der Waals surface area contributed by atoms with E-state index >= 15 is 0 Å². The summed E-state index contributed by atoms with van der Waals surface area (Å²) in [6.07, 6.45) is 11.2. The highest BCUT2D eigenvalue weighted by Gasteiger charge is 2.61. The highest BCUT2D eigenvalue weighted by atomic mass is 16.6. The Morgan fingerprint density at radius 3 is 2.43 bits per heavy atom. The monoisotopic (exact) mass is 703 g/mol. The van der Waals surface area contributed by atoms with Crippen LogP contribution < -0.4 is 16.0 Å². The Kier molecular flexibility index (Phi) is 10.3. The van der Waals surface area contributed by atoms with E-state index in [1.165, 1.54) is 10.5 Å². The SMILES string of the molecule is O=C(N[C@H]1CCCCCC=C[C@@H]2C[C@@]2(C(=O)NC(=O)C2CC2)NC(=O)C2C[C@@H](OC(=O)N3CCc4ccccc4C3)CN2C1=O)OC1CCCC1. The van der Waals surface area contributed by atoms with Crippen LogP contribution in [0.25, 0.3) is 0 Å². The maximum absolute atomic E-state index is 14.4. The maximum atomic E-state index is 14.4. The minimum Gasteiger partial charge on any atom is -0.446 e. The Bertz CT molecular complexity index is 1570. The highest BCUT2D eigenvalue weighted by molar-refractivity contribution is 6.06. The van der Waals surface area contributed by atoms with E-state index < -0.39 is 53.6 Å². The van der Waals surface area contributed by atoms with Crippen molar-refractivity contribution in [3.8, 4) is 0 Å². The molecule has 0 aromatic heterocycles. The number of allylic oxidation sites excluding steroid dienone is 1. The standard InChI is InChI=1S/C38H49N5O8/c44-32(25-16-17-25)40-35(47)38-21-27(38)12-4-2-1-3-5-15-30(39-36(48)50-28-13-8-9-14-28)34(46)43-23-29(20-31(43)33(45)41-38)51-37(49)42-19-18-24-10-6-7-11-26(24)22-42/h4,6-7,10-12,25,27-31H,1-3,5,8-9,13-23H2,(H,39,48)(H,41,45)(H,40,44,47)/t27-,29-,30+,31?,38-/m1/s1. The molecule has 1 unspecified atom stereocenters. The Labute approximate surface area is 298 Å². The molecular weight excluding hydrogens is 654 g/mol. The van der Waals surface area contributed by atoms with Crippen LogP contribution in [0.3, 0.4) is 0 Å². The lowest BCUT2D eigenvalue weighted by Crippen LogP contribution is -2.58. The fourth-order valence-electron chi connectivity index (χ4n) is 8.04. The molecule has 274 valence electrons. The third kappa shape index (κ3) is 8.07. The first kappa shape index (κ1) is 35.0. The van der Waals surface area contributed by atoms with Gasteiger partial charge >= 0.3 is 12.2 Å². The smallest absolute Gasteiger partial charge is 0.410 e. The Hall–Kier alpha value is -4.42. The number of hydrogen-bond acceptors (Lipinski definition) is 8. The van der Waals surface area contributed by atoms with Gasteiger partial charge in [0.2, 0.25) is 17.7 Å². The lowest BCUT2D eigenvalue weighted by atomic mass is 10.0. The van der Waals surface area contributed by atoms with Gasteiger partial charge in [0.25, 0.3) is 5.91 Å². The maximum Gasteiger partial charge on any atom is 0.410 e. The van der Waals surface area contributed by atoms with Crippen LogP contribution in [0, 0.1) is 11.8 Å². The Balaban J connectivity index is 1.11. The molecule has 0 bridgehead atoms. The summed E-state index contributed by atoms with van der Waals surface area (Å²) in [6.45, 7) is 0.831. The fourth-order valence-corrected chi connectivity index (χ4v) is 8.04. The van der Waals surface area contributed by atoms with E-state index in [1.807, 2.05) is 36.4 Å². The number of fused-ring (bicyclic) bond motifs is 3. The van der Waals surface area contributed by atoms with Crippen LogP contribution in [0.5, 0.6) is 0 Å². The van der Waals surface area contributed by atoms with E-state index in [0.717, 1.165) is 63.4 Å². The minimum absolute atomic E-state index is 0.0200. The van der Waals surface area contributed by atoms with Crippen molar-refractivity contribution in [2.45, 2.75) is 126 Å². The van der Waals surface area contributed by atoms with Gasteiger partial charge in [0.05, 0.1) is 6.54 Å². The molecule has 7 rings (SSSR count). The number of hydrogen-bond donors (Lipinski definition) is 3. The van der Waals surface area contributed by atoms with Crippen LogP contribution in [0.4, 0.5) is 9.59 Å². The molecule has 13 nitrogen and oxygen atoms in total. The zero-order valence-corrected chi connectivity index (χ0v) is 29.1. The average molecular weight is 704 g/mol. The lowest BCUT2D eigenvalue weighted by molar-refractivity contribution is -0.141. The zero-order chi connectivity index (χ0) is 35.5. The van der Waals surface area contributed by atoms with E-state index in [4.69, 9.17) is 9.47 Å². The van der Waals surface area contributed by atoms with Gasteiger partial charge in [0.15, 0.2) is 0 Å². The van der Waals surface area contributed by atoms with Gasteiger partial charge in [-0.3, -0.25) is 24.5 Å². The third-order valence-corrected chi connectivity index (χ3v) is 11.4. The Morgan fingerprint density at radius 2 is 1.65 bits per heavy atom. The molecule has 3 saturated carbocycles. The van der Waals surface area contributed by atoms with E-state index in [2.05, 4.69) is 16.0 Å². The molecule has 1 aromatic carbocycles. The van der Waals surface area contributed by atoms with E-state index in [1.54, 1.807) is 4.90 Å². The second-order valence-electron chi connectivity index (χ2n) is 15.1. The van der Waals surface area contributed by atoms with Crippen molar-refractivity contribution in [3.63, 3.8) is 0 Å². The number of nitrogens with zero attached hydrogens (tertiary/aromatic N) is 2. The first-order valence-corrected chi connectivity index (χ1v) is 18.8. The van der Waals surface area contributed by atoms with Gasteiger partial charge in [0.1, 0.15) is 29.8 Å². The van der Waals surface area contributed by atoms with Crippen molar-refractivity contribution in [3.05, 3.63) is 47.5 Å². The van der Waals surface area contributed by atoms with Gasteiger partial charge in [-0.2, -0.15) is 0 Å². The van der Waals surface area contributed by atoms with E-state index in [-0.39, 0.29) is 36.8 Å².